The van der Waals surface area contributed by atoms with Crippen LogP contribution in [0.1, 0.15) is 26.7 Å². The topological polar surface area (TPSA) is 60.8 Å². The van der Waals surface area contributed by atoms with E-state index >= 15 is 0 Å². The molecule has 0 aliphatic heterocycles. The van der Waals surface area contributed by atoms with Crippen LogP contribution in [0.4, 0.5) is 0 Å². The summed E-state index contributed by atoms with van der Waals surface area (Å²) in [6.45, 7) is 4.74. The molecule has 0 fully saturated rings. The Morgan fingerprint density at radius 2 is 1.55 bits per heavy atom. The van der Waals surface area contributed by atoms with E-state index in [9.17, 15) is 4.57 Å². The Labute approximate surface area is 67.4 Å². The first kappa shape index (κ1) is 11.1. The van der Waals surface area contributed by atoms with Gasteiger partial charge in [0, 0.05) is 13.1 Å². The highest BCUT2D eigenvalue weighted by atomic mass is 31.2. The summed E-state index contributed by atoms with van der Waals surface area (Å²) in [4.78, 5) is 17.6. The third-order valence-electron chi connectivity index (χ3n) is 1.33. The molecule has 5 heteroatoms. The maximum Gasteiger partial charge on any atom is 0.402 e. The van der Waals surface area contributed by atoms with Crippen molar-refractivity contribution in [2.75, 3.05) is 13.1 Å². The molecule has 0 aromatic heterocycles. The SMILES string of the molecule is CCCN(CCC)P(=O)(O)O. The molecular weight excluding hydrogens is 165 g/mol. The second-order valence-corrected chi connectivity index (χ2v) is 4.06. The number of nitrogens with zero attached hydrogens (tertiary/aromatic N) is 1. The zero-order chi connectivity index (χ0) is 8.91. The predicted octanol–water partition coefficient (Wildman–Crippen LogP) is 1.20. The Morgan fingerprint density at radius 3 is 1.73 bits per heavy atom. The van der Waals surface area contributed by atoms with Gasteiger partial charge in [-0.1, -0.05) is 13.8 Å². The summed E-state index contributed by atoms with van der Waals surface area (Å²) in [5, 5.41) is 0. The van der Waals surface area contributed by atoms with Gasteiger partial charge in [-0.05, 0) is 12.8 Å². The van der Waals surface area contributed by atoms with Gasteiger partial charge in [0.05, 0.1) is 0 Å². The van der Waals surface area contributed by atoms with E-state index in [1.54, 1.807) is 0 Å². The summed E-state index contributed by atoms with van der Waals surface area (Å²) in [5.41, 5.74) is 0. The van der Waals surface area contributed by atoms with Crippen molar-refractivity contribution in [1.82, 2.24) is 4.67 Å². The molecule has 0 spiro atoms. The molecule has 0 saturated carbocycles. The molecule has 11 heavy (non-hydrogen) atoms. The average Bonchev–Trinajstić information content (AvgIpc) is 1.85. The van der Waals surface area contributed by atoms with Gasteiger partial charge in [-0.25, -0.2) is 9.24 Å². The molecular formula is C6H16NO3P. The fourth-order valence-electron chi connectivity index (χ4n) is 0.889. The van der Waals surface area contributed by atoms with Crippen molar-refractivity contribution in [2.45, 2.75) is 26.7 Å². The Hall–Kier alpha value is 0.110. The maximum absolute atomic E-state index is 10.7. The van der Waals surface area contributed by atoms with Gasteiger partial charge in [0.15, 0.2) is 0 Å². The molecule has 0 amide bonds. The summed E-state index contributed by atoms with van der Waals surface area (Å²) in [6, 6.07) is 0. The third kappa shape index (κ3) is 4.53. The standard InChI is InChI=1S/C6H16NO3P/c1-3-5-7(6-4-2)11(8,9)10/h3-6H2,1-2H3,(H2,8,9,10). The van der Waals surface area contributed by atoms with Gasteiger partial charge in [0.1, 0.15) is 0 Å². The van der Waals surface area contributed by atoms with Gasteiger partial charge in [-0.3, -0.25) is 0 Å². The van der Waals surface area contributed by atoms with Crippen LogP contribution in [-0.4, -0.2) is 27.5 Å². The van der Waals surface area contributed by atoms with Crippen molar-refractivity contribution in [2.24, 2.45) is 0 Å². The fraction of sp³-hybridized carbons (Fsp3) is 1.00. The van der Waals surface area contributed by atoms with Crippen LogP contribution >= 0.6 is 7.75 Å². The lowest BCUT2D eigenvalue weighted by atomic mass is 10.4. The Balaban J connectivity index is 3.99. The van der Waals surface area contributed by atoms with E-state index in [4.69, 9.17) is 9.79 Å². The summed E-state index contributed by atoms with van der Waals surface area (Å²) >= 11 is 0. The van der Waals surface area contributed by atoms with Gasteiger partial charge in [0.25, 0.3) is 0 Å². The van der Waals surface area contributed by atoms with E-state index in [1.807, 2.05) is 13.8 Å². The molecule has 0 aliphatic rings. The fourth-order valence-corrected chi connectivity index (χ4v) is 1.81. The summed E-state index contributed by atoms with van der Waals surface area (Å²) in [6.07, 6.45) is 1.54. The first-order chi connectivity index (χ1) is 5.02. The zero-order valence-corrected chi connectivity index (χ0v) is 7.92. The minimum atomic E-state index is -3.98. The van der Waals surface area contributed by atoms with E-state index in [2.05, 4.69) is 0 Å². The van der Waals surface area contributed by atoms with Gasteiger partial charge in [0.2, 0.25) is 0 Å². The smallest absolute Gasteiger partial charge is 0.312 e. The Morgan fingerprint density at radius 1 is 1.18 bits per heavy atom. The quantitative estimate of drug-likeness (QED) is 0.625. The van der Waals surface area contributed by atoms with E-state index in [-0.39, 0.29) is 0 Å². The highest BCUT2D eigenvalue weighted by Crippen LogP contribution is 2.39. The van der Waals surface area contributed by atoms with Gasteiger partial charge in [-0.15, -0.1) is 0 Å². The monoisotopic (exact) mass is 181 g/mol. The summed E-state index contributed by atoms with van der Waals surface area (Å²) in [5.74, 6) is 0. The van der Waals surface area contributed by atoms with Crippen LogP contribution in [0.15, 0.2) is 0 Å². The largest absolute Gasteiger partial charge is 0.402 e. The van der Waals surface area contributed by atoms with E-state index in [1.165, 1.54) is 4.67 Å². The van der Waals surface area contributed by atoms with Crippen LogP contribution in [-0.2, 0) is 4.57 Å². The summed E-state index contributed by atoms with van der Waals surface area (Å²) < 4.78 is 11.9. The minimum Gasteiger partial charge on any atom is -0.312 e. The number of rotatable bonds is 5. The van der Waals surface area contributed by atoms with Crippen LogP contribution in [0.3, 0.4) is 0 Å². The Bertz CT molecular complexity index is 139. The molecule has 4 nitrogen and oxygen atoms in total. The Kier molecular flexibility index (Phi) is 4.93. The third-order valence-corrected chi connectivity index (χ3v) is 2.47. The first-order valence-corrected chi connectivity index (χ1v) is 5.39. The second kappa shape index (κ2) is 4.88. The molecule has 0 aromatic rings. The van der Waals surface area contributed by atoms with Crippen LogP contribution in [0.25, 0.3) is 0 Å². The van der Waals surface area contributed by atoms with Crippen molar-refractivity contribution in [1.29, 1.82) is 0 Å². The van der Waals surface area contributed by atoms with Crippen LogP contribution in [0.5, 0.6) is 0 Å². The van der Waals surface area contributed by atoms with Crippen molar-refractivity contribution >= 4 is 7.75 Å². The van der Waals surface area contributed by atoms with Gasteiger partial charge in [-0.2, -0.15) is 0 Å². The lowest BCUT2D eigenvalue weighted by Crippen LogP contribution is -2.21. The number of hydrogen-bond donors (Lipinski definition) is 2. The lowest BCUT2D eigenvalue weighted by molar-refractivity contribution is 0.269. The van der Waals surface area contributed by atoms with Crippen molar-refractivity contribution < 1.29 is 14.4 Å². The van der Waals surface area contributed by atoms with Crippen molar-refractivity contribution in [3.8, 4) is 0 Å². The zero-order valence-electron chi connectivity index (χ0n) is 7.03. The normalized spacial score (nSPS) is 12.5. The highest BCUT2D eigenvalue weighted by Gasteiger charge is 2.22. The molecule has 2 N–H and O–H groups in total. The van der Waals surface area contributed by atoms with E-state index in [0.717, 1.165) is 12.8 Å². The van der Waals surface area contributed by atoms with Crippen LogP contribution in [0.2, 0.25) is 0 Å². The molecule has 68 valence electrons. The molecule has 0 aromatic carbocycles. The van der Waals surface area contributed by atoms with Crippen molar-refractivity contribution in [3.63, 3.8) is 0 Å². The average molecular weight is 181 g/mol. The van der Waals surface area contributed by atoms with E-state index in [0.29, 0.717) is 13.1 Å². The maximum atomic E-state index is 10.7. The second-order valence-electron chi connectivity index (χ2n) is 2.47. The van der Waals surface area contributed by atoms with Crippen LogP contribution in [0, 0.1) is 0 Å². The lowest BCUT2D eigenvalue weighted by Gasteiger charge is -2.21. The molecule has 0 bridgehead atoms. The van der Waals surface area contributed by atoms with Crippen molar-refractivity contribution in [3.05, 3.63) is 0 Å². The molecule has 0 atom stereocenters. The summed E-state index contributed by atoms with van der Waals surface area (Å²) in [7, 11) is -3.98. The first-order valence-electron chi connectivity index (χ1n) is 3.83. The molecule has 0 rings (SSSR count). The molecule has 0 radical (unpaired) electrons. The highest BCUT2D eigenvalue weighted by molar-refractivity contribution is 7.49. The van der Waals surface area contributed by atoms with E-state index < -0.39 is 7.75 Å². The molecule has 0 heterocycles. The van der Waals surface area contributed by atoms with Gasteiger partial charge >= 0.3 is 7.75 Å². The van der Waals surface area contributed by atoms with Crippen LogP contribution < -0.4 is 0 Å². The molecule has 0 saturated heterocycles. The van der Waals surface area contributed by atoms with Gasteiger partial charge < -0.3 is 9.79 Å². The molecule has 0 aliphatic carbocycles. The minimum absolute atomic E-state index is 0.470. The molecule has 0 unspecified atom stereocenters. The number of hydrogen-bond acceptors (Lipinski definition) is 1. The predicted molar refractivity (Wildman–Crippen MR) is 44.2 cm³/mol.